The van der Waals surface area contributed by atoms with Crippen molar-refractivity contribution in [2.45, 2.75) is 6.92 Å². The van der Waals surface area contributed by atoms with Gasteiger partial charge in [-0.1, -0.05) is 52.3 Å². The van der Waals surface area contributed by atoms with E-state index in [9.17, 15) is 9.90 Å². The monoisotopic (exact) mass is 409 g/mol. The average molecular weight is 410 g/mol. The highest BCUT2D eigenvalue weighted by Crippen LogP contribution is 2.39. The van der Waals surface area contributed by atoms with Crippen LogP contribution in [0.2, 0.25) is 0 Å². The van der Waals surface area contributed by atoms with Gasteiger partial charge in [-0.05, 0) is 30.7 Å². The van der Waals surface area contributed by atoms with Crippen molar-refractivity contribution in [2.75, 3.05) is 6.61 Å². The van der Waals surface area contributed by atoms with Crippen LogP contribution in [-0.4, -0.2) is 22.7 Å². The number of carbonyl (C=O) groups excluding carboxylic acids is 1. The molecule has 26 heavy (non-hydrogen) atoms. The molecule has 0 atom stereocenters. The fraction of sp³-hybridized carbons (Fsp3) is 0.0952. The minimum absolute atomic E-state index is 0.137. The number of esters is 1. The summed E-state index contributed by atoms with van der Waals surface area (Å²) in [6.07, 6.45) is 0. The molecule has 0 saturated heterocycles. The summed E-state index contributed by atoms with van der Waals surface area (Å²) in [6, 6.07) is 16.9. The molecule has 4 aromatic rings. The third-order valence-corrected chi connectivity index (χ3v) is 4.88. The molecule has 0 amide bonds. The molecule has 0 fully saturated rings. The number of halogens is 1. The van der Waals surface area contributed by atoms with E-state index >= 15 is 0 Å². The third-order valence-electron chi connectivity index (χ3n) is 4.38. The van der Waals surface area contributed by atoms with Crippen molar-refractivity contribution < 1.29 is 14.6 Å². The number of benzene rings is 3. The summed E-state index contributed by atoms with van der Waals surface area (Å²) in [6.45, 7) is 2.06. The van der Waals surface area contributed by atoms with Crippen LogP contribution in [0.25, 0.3) is 32.9 Å². The van der Waals surface area contributed by atoms with Crippen LogP contribution < -0.4 is 0 Å². The number of aromatic hydroxyl groups is 1. The van der Waals surface area contributed by atoms with Crippen LogP contribution in [0.5, 0.6) is 5.75 Å². The van der Waals surface area contributed by atoms with E-state index in [2.05, 4.69) is 20.9 Å². The Morgan fingerprint density at radius 2 is 1.85 bits per heavy atom. The highest BCUT2D eigenvalue weighted by atomic mass is 79.9. The van der Waals surface area contributed by atoms with E-state index in [0.29, 0.717) is 16.6 Å². The van der Waals surface area contributed by atoms with E-state index in [4.69, 9.17) is 4.74 Å². The standard InChI is InChI=1S/C21H16BrNO3/c1-2-26-21(25)18-16-11-17(24)14-8-3-4-9-15(14)20(16)23-19(18)12-6-5-7-13(22)10-12/h3-11,23-24H,2H2,1H3. The third kappa shape index (κ3) is 2.65. The molecule has 0 radical (unpaired) electrons. The molecule has 0 aliphatic rings. The first-order valence-corrected chi connectivity index (χ1v) is 9.09. The predicted molar refractivity (Wildman–Crippen MR) is 107 cm³/mol. The van der Waals surface area contributed by atoms with Gasteiger partial charge in [-0.3, -0.25) is 0 Å². The predicted octanol–water partition coefficient (Wildman–Crippen LogP) is 5.63. The summed E-state index contributed by atoms with van der Waals surface area (Å²) in [5, 5.41) is 12.7. The quantitative estimate of drug-likeness (QED) is 0.430. The van der Waals surface area contributed by atoms with Gasteiger partial charge in [-0.2, -0.15) is 0 Å². The van der Waals surface area contributed by atoms with Crippen molar-refractivity contribution in [3.05, 3.63) is 64.6 Å². The van der Waals surface area contributed by atoms with E-state index in [1.165, 1.54) is 0 Å². The normalized spacial score (nSPS) is 11.2. The van der Waals surface area contributed by atoms with Gasteiger partial charge in [0.05, 0.1) is 23.4 Å². The second-order valence-electron chi connectivity index (χ2n) is 5.97. The summed E-state index contributed by atoms with van der Waals surface area (Å²) in [7, 11) is 0. The largest absolute Gasteiger partial charge is 0.507 e. The van der Waals surface area contributed by atoms with E-state index in [1.807, 2.05) is 48.5 Å². The lowest BCUT2D eigenvalue weighted by Crippen LogP contribution is -2.05. The number of nitrogens with one attached hydrogen (secondary N) is 1. The lowest BCUT2D eigenvalue weighted by atomic mass is 10.0. The van der Waals surface area contributed by atoms with Crippen molar-refractivity contribution >= 4 is 43.6 Å². The van der Waals surface area contributed by atoms with Crippen molar-refractivity contribution in [3.8, 4) is 17.0 Å². The summed E-state index contributed by atoms with van der Waals surface area (Å²) in [5.41, 5.74) is 2.77. The minimum Gasteiger partial charge on any atom is -0.507 e. The number of aromatic nitrogens is 1. The summed E-state index contributed by atoms with van der Waals surface area (Å²) in [4.78, 5) is 16.1. The minimum atomic E-state index is -0.414. The number of carbonyl (C=O) groups is 1. The Morgan fingerprint density at radius 1 is 1.08 bits per heavy atom. The van der Waals surface area contributed by atoms with Gasteiger partial charge in [0.2, 0.25) is 0 Å². The van der Waals surface area contributed by atoms with Crippen LogP contribution in [0.1, 0.15) is 17.3 Å². The second-order valence-corrected chi connectivity index (χ2v) is 6.89. The Kier molecular flexibility index (Phi) is 4.17. The number of phenolic OH excluding ortho intramolecular Hbond substituents is 1. The molecule has 0 unspecified atom stereocenters. The fourth-order valence-corrected chi connectivity index (χ4v) is 3.69. The van der Waals surface area contributed by atoms with E-state index in [1.54, 1.807) is 13.0 Å². The fourth-order valence-electron chi connectivity index (χ4n) is 3.29. The summed E-state index contributed by atoms with van der Waals surface area (Å²) < 4.78 is 6.20. The number of fused-ring (bicyclic) bond motifs is 3. The molecule has 130 valence electrons. The maximum Gasteiger partial charge on any atom is 0.340 e. The highest BCUT2D eigenvalue weighted by molar-refractivity contribution is 9.10. The van der Waals surface area contributed by atoms with Crippen LogP contribution in [-0.2, 0) is 4.74 Å². The molecule has 0 bridgehead atoms. The lowest BCUT2D eigenvalue weighted by molar-refractivity contribution is 0.0529. The van der Waals surface area contributed by atoms with E-state index in [-0.39, 0.29) is 12.4 Å². The highest BCUT2D eigenvalue weighted by Gasteiger charge is 2.23. The van der Waals surface area contributed by atoms with Crippen LogP contribution in [0.3, 0.4) is 0 Å². The van der Waals surface area contributed by atoms with Crippen LogP contribution >= 0.6 is 15.9 Å². The number of aromatic amines is 1. The Balaban J connectivity index is 2.12. The first kappa shape index (κ1) is 16.7. The zero-order valence-electron chi connectivity index (χ0n) is 14.0. The zero-order valence-corrected chi connectivity index (χ0v) is 15.6. The maximum atomic E-state index is 12.7. The van der Waals surface area contributed by atoms with Gasteiger partial charge in [0.1, 0.15) is 5.75 Å². The lowest BCUT2D eigenvalue weighted by Gasteiger charge is -2.06. The van der Waals surface area contributed by atoms with Gasteiger partial charge in [0.25, 0.3) is 0 Å². The molecule has 0 saturated carbocycles. The molecular formula is C21H16BrNO3. The van der Waals surface area contributed by atoms with Crippen molar-refractivity contribution in [1.29, 1.82) is 0 Å². The van der Waals surface area contributed by atoms with Crippen molar-refractivity contribution in [2.24, 2.45) is 0 Å². The molecule has 4 nitrogen and oxygen atoms in total. The average Bonchev–Trinajstić information content (AvgIpc) is 3.02. The van der Waals surface area contributed by atoms with Gasteiger partial charge < -0.3 is 14.8 Å². The Labute approximate surface area is 158 Å². The van der Waals surface area contributed by atoms with Crippen molar-refractivity contribution in [3.63, 3.8) is 0 Å². The van der Waals surface area contributed by atoms with Crippen LogP contribution in [0.15, 0.2) is 59.1 Å². The number of hydrogen-bond acceptors (Lipinski definition) is 3. The second kappa shape index (κ2) is 6.50. The van der Waals surface area contributed by atoms with Gasteiger partial charge in [-0.15, -0.1) is 0 Å². The Morgan fingerprint density at radius 3 is 2.58 bits per heavy atom. The number of rotatable bonds is 3. The van der Waals surface area contributed by atoms with Gasteiger partial charge in [0.15, 0.2) is 0 Å². The molecule has 2 N–H and O–H groups in total. The topological polar surface area (TPSA) is 62.3 Å². The number of phenols is 1. The molecular weight excluding hydrogens is 394 g/mol. The molecule has 5 heteroatoms. The maximum absolute atomic E-state index is 12.7. The Bertz CT molecular complexity index is 1150. The molecule has 0 aliphatic heterocycles. The zero-order chi connectivity index (χ0) is 18.3. The molecule has 3 aromatic carbocycles. The molecule has 1 heterocycles. The van der Waals surface area contributed by atoms with E-state index in [0.717, 1.165) is 26.3 Å². The Hall–Kier alpha value is -2.79. The molecule has 4 rings (SSSR count). The van der Waals surface area contributed by atoms with Crippen molar-refractivity contribution in [1.82, 2.24) is 4.98 Å². The number of ether oxygens (including phenoxy) is 1. The van der Waals surface area contributed by atoms with Gasteiger partial charge >= 0.3 is 5.97 Å². The van der Waals surface area contributed by atoms with Crippen LogP contribution in [0, 0.1) is 0 Å². The van der Waals surface area contributed by atoms with E-state index < -0.39 is 5.97 Å². The summed E-state index contributed by atoms with van der Waals surface area (Å²) in [5.74, 6) is -0.276. The van der Waals surface area contributed by atoms with Crippen LogP contribution in [0.4, 0.5) is 0 Å². The molecule has 1 aromatic heterocycles. The van der Waals surface area contributed by atoms with Gasteiger partial charge in [0, 0.05) is 20.6 Å². The molecule has 0 spiro atoms. The first-order chi connectivity index (χ1) is 12.6. The van der Waals surface area contributed by atoms with Gasteiger partial charge in [-0.25, -0.2) is 4.79 Å². The number of hydrogen-bond donors (Lipinski definition) is 2. The number of H-pyrrole nitrogens is 1. The SMILES string of the molecule is CCOC(=O)c1c(-c2cccc(Br)c2)[nH]c2c1cc(O)c1ccccc12. The molecule has 0 aliphatic carbocycles. The first-order valence-electron chi connectivity index (χ1n) is 8.29. The summed E-state index contributed by atoms with van der Waals surface area (Å²) >= 11 is 3.48. The smallest absolute Gasteiger partial charge is 0.340 e.